The zero-order chi connectivity index (χ0) is 12.2. The fourth-order valence-corrected chi connectivity index (χ4v) is 1.48. The van der Waals surface area contributed by atoms with Gasteiger partial charge >= 0.3 is 5.97 Å². The topological polar surface area (TPSA) is 46.5 Å². The summed E-state index contributed by atoms with van der Waals surface area (Å²) in [6.45, 7) is 5.31. The Morgan fingerprint density at radius 1 is 1.50 bits per heavy atom. The molecule has 1 N–H and O–H groups in total. The number of carbonyl (C=O) groups excluding carboxylic acids is 1. The van der Waals surface area contributed by atoms with Gasteiger partial charge in [0.1, 0.15) is 0 Å². The van der Waals surface area contributed by atoms with E-state index in [4.69, 9.17) is 0 Å². The highest BCUT2D eigenvalue weighted by Gasteiger charge is 2.21. The van der Waals surface area contributed by atoms with Crippen LogP contribution < -0.4 is 0 Å². The van der Waals surface area contributed by atoms with Gasteiger partial charge in [-0.1, -0.05) is 18.2 Å². The van der Waals surface area contributed by atoms with Gasteiger partial charge in [-0.05, 0) is 31.0 Å². The molecule has 0 aliphatic rings. The van der Waals surface area contributed by atoms with E-state index in [2.05, 4.69) is 11.3 Å². The van der Waals surface area contributed by atoms with Crippen LogP contribution in [0.25, 0.3) is 0 Å². The highest BCUT2D eigenvalue weighted by atomic mass is 16.5. The fraction of sp³-hybridized carbons (Fsp3) is 0.308. The first-order chi connectivity index (χ1) is 7.51. The van der Waals surface area contributed by atoms with E-state index in [0.717, 1.165) is 5.56 Å². The van der Waals surface area contributed by atoms with Gasteiger partial charge < -0.3 is 9.84 Å². The van der Waals surface area contributed by atoms with E-state index < -0.39 is 5.60 Å². The summed E-state index contributed by atoms with van der Waals surface area (Å²) in [7, 11) is 1.34. The molecule has 3 nitrogen and oxygen atoms in total. The van der Waals surface area contributed by atoms with Crippen LogP contribution in [0, 0.1) is 0 Å². The number of aliphatic hydroxyl groups is 1. The number of hydrogen-bond acceptors (Lipinski definition) is 3. The average molecular weight is 220 g/mol. The summed E-state index contributed by atoms with van der Waals surface area (Å²) in [6, 6.07) is 6.71. The zero-order valence-electron chi connectivity index (χ0n) is 9.56. The van der Waals surface area contributed by atoms with Crippen LogP contribution in [0.1, 0.15) is 29.3 Å². The maximum atomic E-state index is 11.2. The highest BCUT2D eigenvalue weighted by Crippen LogP contribution is 2.24. The largest absolute Gasteiger partial charge is 0.465 e. The van der Waals surface area contributed by atoms with Gasteiger partial charge in [0.15, 0.2) is 0 Å². The molecule has 0 saturated carbocycles. The minimum atomic E-state index is -0.948. The number of carbonyl (C=O) groups is 1. The molecule has 1 aromatic carbocycles. The van der Waals surface area contributed by atoms with Crippen LogP contribution in [-0.4, -0.2) is 18.2 Å². The Hall–Kier alpha value is -1.61. The third kappa shape index (κ3) is 2.70. The lowest BCUT2D eigenvalue weighted by molar-refractivity contribution is 0.0583. The van der Waals surface area contributed by atoms with Crippen molar-refractivity contribution in [1.29, 1.82) is 0 Å². The average Bonchev–Trinajstić information content (AvgIpc) is 2.28. The Morgan fingerprint density at radius 2 is 2.06 bits per heavy atom. The second-order valence-electron chi connectivity index (χ2n) is 3.84. The number of benzene rings is 1. The molecule has 0 aliphatic heterocycles. The third-order valence-corrected chi connectivity index (χ3v) is 2.47. The number of rotatable bonds is 4. The van der Waals surface area contributed by atoms with Gasteiger partial charge in [-0.3, -0.25) is 0 Å². The van der Waals surface area contributed by atoms with Crippen molar-refractivity contribution in [2.24, 2.45) is 0 Å². The molecule has 0 aromatic heterocycles. The molecule has 0 amide bonds. The van der Waals surface area contributed by atoms with Gasteiger partial charge in [0.05, 0.1) is 18.3 Å². The summed E-state index contributed by atoms with van der Waals surface area (Å²) in [5.74, 6) is -0.380. The lowest BCUT2D eigenvalue weighted by Gasteiger charge is -2.22. The van der Waals surface area contributed by atoms with E-state index in [1.165, 1.54) is 7.11 Å². The van der Waals surface area contributed by atoms with E-state index in [0.29, 0.717) is 12.0 Å². The van der Waals surface area contributed by atoms with E-state index in [-0.39, 0.29) is 5.97 Å². The zero-order valence-corrected chi connectivity index (χ0v) is 9.56. The second kappa shape index (κ2) is 4.94. The number of esters is 1. The van der Waals surface area contributed by atoms with E-state index in [9.17, 15) is 9.90 Å². The first-order valence-electron chi connectivity index (χ1n) is 5.03. The van der Waals surface area contributed by atoms with Crippen LogP contribution in [0.4, 0.5) is 0 Å². The lowest BCUT2D eigenvalue weighted by Crippen LogP contribution is -2.20. The summed E-state index contributed by atoms with van der Waals surface area (Å²) >= 11 is 0. The van der Waals surface area contributed by atoms with E-state index >= 15 is 0 Å². The van der Waals surface area contributed by atoms with Crippen LogP contribution in [-0.2, 0) is 10.3 Å². The third-order valence-electron chi connectivity index (χ3n) is 2.47. The molecule has 16 heavy (non-hydrogen) atoms. The van der Waals surface area contributed by atoms with Crippen molar-refractivity contribution in [2.45, 2.75) is 18.9 Å². The van der Waals surface area contributed by atoms with Gasteiger partial charge in [-0.2, -0.15) is 0 Å². The Kier molecular flexibility index (Phi) is 3.85. The predicted octanol–water partition coefficient (Wildman–Crippen LogP) is 2.26. The highest BCUT2D eigenvalue weighted by molar-refractivity contribution is 5.89. The minimum Gasteiger partial charge on any atom is -0.465 e. The molecule has 1 atom stereocenters. The fourth-order valence-electron chi connectivity index (χ4n) is 1.48. The minimum absolute atomic E-state index is 0.380. The molecule has 0 saturated heterocycles. The van der Waals surface area contributed by atoms with Crippen LogP contribution in [0.2, 0.25) is 0 Å². The molecule has 0 radical (unpaired) electrons. The Balaban J connectivity index is 2.94. The van der Waals surface area contributed by atoms with Crippen molar-refractivity contribution in [3.05, 3.63) is 48.0 Å². The Labute approximate surface area is 95.4 Å². The van der Waals surface area contributed by atoms with Crippen LogP contribution in [0.15, 0.2) is 36.9 Å². The van der Waals surface area contributed by atoms with E-state index in [1.807, 2.05) is 0 Å². The van der Waals surface area contributed by atoms with Gasteiger partial charge in [0.25, 0.3) is 0 Å². The van der Waals surface area contributed by atoms with Crippen molar-refractivity contribution in [2.75, 3.05) is 7.11 Å². The molecule has 0 fully saturated rings. The first kappa shape index (κ1) is 12.5. The standard InChI is InChI=1S/C13H16O3/c1-4-9-13(2,15)11-7-5-10(6-8-11)12(14)16-3/h4-8,15H,1,9H2,2-3H3/t13-/m0/s1. The van der Waals surface area contributed by atoms with Crippen LogP contribution >= 0.6 is 0 Å². The quantitative estimate of drug-likeness (QED) is 0.625. The maximum absolute atomic E-state index is 11.2. The Bertz CT molecular complexity index is 377. The molecule has 0 bridgehead atoms. The molecule has 0 spiro atoms. The summed E-state index contributed by atoms with van der Waals surface area (Å²) in [5.41, 5.74) is 0.275. The predicted molar refractivity (Wildman–Crippen MR) is 62.2 cm³/mol. The van der Waals surface area contributed by atoms with Crippen molar-refractivity contribution in [3.8, 4) is 0 Å². The molecular formula is C13H16O3. The van der Waals surface area contributed by atoms with Gasteiger partial charge in [-0.25, -0.2) is 4.79 Å². The molecule has 1 aromatic rings. The second-order valence-corrected chi connectivity index (χ2v) is 3.84. The smallest absolute Gasteiger partial charge is 0.337 e. The molecular weight excluding hydrogens is 204 g/mol. The summed E-state index contributed by atoms with van der Waals surface area (Å²) < 4.78 is 4.59. The van der Waals surface area contributed by atoms with Crippen molar-refractivity contribution in [1.82, 2.24) is 0 Å². The monoisotopic (exact) mass is 220 g/mol. The summed E-state index contributed by atoms with van der Waals surface area (Å²) in [5, 5.41) is 10.1. The summed E-state index contributed by atoms with van der Waals surface area (Å²) in [6.07, 6.45) is 2.12. The van der Waals surface area contributed by atoms with Crippen LogP contribution in [0.5, 0.6) is 0 Å². The normalized spacial score (nSPS) is 13.9. The molecule has 3 heteroatoms. The summed E-state index contributed by atoms with van der Waals surface area (Å²) in [4.78, 5) is 11.2. The Morgan fingerprint density at radius 3 is 2.50 bits per heavy atom. The molecule has 1 rings (SSSR count). The van der Waals surface area contributed by atoms with Gasteiger partial charge in [0, 0.05) is 0 Å². The van der Waals surface area contributed by atoms with E-state index in [1.54, 1.807) is 37.3 Å². The maximum Gasteiger partial charge on any atom is 0.337 e. The lowest BCUT2D eigenvalue weighted by atomic mass is 9.92. The first-order valence-corrected chi connectivity index (χ1v) is 5.03. The molecule has 0 aliphatic carbocycles. The molecule has 0 unspecified atom stereocenters. The van der Waals surface area contributed by atoms with Gasteiger partial charge in [-0.15, -0.1) is 6.58 Å². The SMILES string of the molecule is C=CC[C@](C)(O)c1ccc(C(=O)OC)cc1. The molecule has 86 valence electrons. The van der Waals surface area contributed by atoms with Crippen LogP contribution in [0.3, 0.4) is 0 Å². The van der Waals surface area contributed by atoms with Crippen molar-refractivity contribution in [3.63, 3.8) is 0 Å². The number of hydrogen-bond donors (Lipinski definition) is 1. The number of methoxy groups -OCH3 is 1. The van der Waals surface area contributed by atoms with Crippen molar-refractivity contribution >= 4 is 5.97 Å². The number of ether oxygens (including phenoxy) is 1. The van der Waals surface area contributed by atoms with Crippen molar-refractivity contribution < 1.29 is 14.6 Å². The van der Waals surface area contributed by atoms with Gasteiger partial charge in [0.2, 0.25) is 0 Å². The molecule has 0 heterocycles.